The van der Waals surface area contributed by atoms with E-state index in [0.717, 1.165) is 12.1 Å². The summed E-state index contributed by atoms with van der Waals surface area (Å²) in [5, 5.41) is 1.07. The summed E-state index contributed by atoms with van der Waals surface area (Å²) in [6, 6.07) is 9.50. The molecule has 0 saturated heterocycles. The number of alkyl halides is 3. The number of fused-ring (bicyclic) bond motifs is 3. The van der Waals surface area contributed by atoms with Crippen molar-refractivity contribution in [2.75, 3.05) is 28.4 Å². The zero-order valence-electron chi connectivity index (χ0n) is 18.5. The maximum Gasteiger partial charge on any atom is 0.417 e. The number of ether oxygens (including phenoxy) is 4. The molecule has 10 heteroatoms. The fourth-order valence-electron chi connectivity index (χ4n) is 4.04. The van der Waals surface area contributed by atoms with Gasteiger partial charge in [-0.3, -0.25) is 9.36 Å². The third-order valence-electron chi connectivity index (χ3n) is 5.50. The lowest BCUT2D eigenvalue weighted by Crippen LogP contribution is -2.18. The summed E-state index contributed by atoms with van der Waals surface area (Å²) in [7, 11) is 5.71. The molecule has 0 spiro atoms. The first kappa shape index (κ1) is 23.7. The average Bonchev–Trinajstić information content (AvgIpc) is 3.16. The maximum absolute atomic E-state index is 13.8. The largest absolute Gasteiger partial charge is 0.493 e. The van der Waals surface area contributed by atoms with Gasteiger partial charge >= 0.3 is 6.18 Å². The van der Waals surface area contributed by atoms with Crippen LogP contribution in [0, 0.1) is 0 Å². The molecule has 0 amide bonds. The van der Waals surface area contributed by atoms with Crippen molar-refractivity contribution in [1.82, 2.24) is 4.57 Å². The highest BCUT2D eigenvalue weighted by Gasteiger charge is 2.36. The highest BCUT2D eigenvalue weighted by molar-refractivity contribution is 9.10. The van der Waals surface area contributed by atoms with Crippen LogP contribution in [0.1, 0.15) is 15.9 Å². The van der Waals surface area contributed by atoms with Crippen molar-refractivity contribution in [3.05, 3.63) is 58.1 Å². The maximum atomic E-state index is 13.8. The predicted octanol–water partition coefficient (Wildman–Crippen LogP) is 6.30. The lowest BCUT2D eigenvalue weighted by molar-refractivity contribution is -0.137. The molecule has 0 aliphatic carbocycles. The number of halogens is 4. The van der Waals surface area contributed by atoms with Gasteiger partial charge in [0, 0.05) is 21.3 Å². The minimum Gasteiger partial charge on any atom is -0.493 e. The Morgan fingerprint density at radius 1 is 0.882 bits per heavy atom. The standard InChI is InChI=1S/C24H19BrF3NO5/c1-31-17-9-13-16(11-18(17)32-2)29(21-20(13)15(25)10-19(33-3)22(21)34-4)23(30)12-7-5-6-8-14(12)24(26,27)28/h5-11H,1-4H3. The van der Waals surface area contributed by atoms with Gasteiger partial charge in [0.1, 0.15) is 5.52 Å². The van der Waals surface area contributed by atoms with Crippen LogP contribution in [-0.4, -0.2) is 38.9 Å². The van der Waals surface area contributed by atoms with Crippen LogP contribution in [0.5, 0.6) is 23.0 Å². The summed E-state index contributed by atoms with van der Waals surface area (Å²) in [5.41, 5.74) is -1.01. The van der Waals surface area contributed by atoms with Gasteiger partial charge in [0.2, 0.25) is 0 Å². The molecular weight excluding hydrogens is 519 g/mol. The zero-order chi connectivity index (χ0) is 24.8. The van der Waals surface area contributed by atoms with Crippen molar-refractivity contribution in [1.29, 1.82) is 0 Å². The van der Waals surface area contributed by atoms with Crippen molar-refractivity contribution >= 4 is 43.6 Å². The van der Waals surface area contributed by atoms with Crippen LogP contribution in [0.15, 0.2) is 46.9 Å². The Balaban J connectivity index is 2.22. The van der Waals surface area contributed by atoms with Gasteiger partial charge in [-0.15, -0.1) is 0 Å². The molecule has 178 valence electrons. The molecule has 0 aliphatic heterocycles. The van der Waals surface area contributed by atoms with Crippen LogP contribution < -0.4 is 18.9 Å². The molecule has 0 N–H and O–H groups in total. The Labute approximate surface area is 200 Å². The van der Waals surface area contributed by atoms with Crippen LogP contribution in [0.4, 0.5) is 13.2 Å². The van der Waals surface area contributed by atoms with Crippen molar-refractivity contribution in [3.63, 3.8) is 0 Å². The number of carbonyl (C=O) groups is 1. The Kier molecular flexibility index (Phi) is 6.11. The van der Waals surface area contributed by atoms with E-state index in [9.17, 15) is 18.0 Å². The molecule has 6 nitrogen and oxygen atoms in total. The summed E-state index contributed by atoms with van der Waals surface area (Å²) in [6.07, 6.45) is -4.73. The summed E-state index contributed by atoms with van der Waals surface area (Å²) in [6.45, 7) is 0. The Morgan fingerprint density at radius 2 is 1.50 bits per heavy atom. The van der Waals surface area contributed by atoms with Crippen molar-refractivity contribution in [2.45, 2.75) is 6.18 Å². The van der Waals surface area contributed by atoms with Gasteiger partial charge in [0.15, 0.2) is 23.0 Å². The second-order valence-corrected chi connectivity index (χ2v) is 8.08. The number of methoxy groups -OCH3 is 4. The first-order chi connectivity index (χ1) is 16.2. The number of hydrogen-bond acceptors (Lipinski definition) is 5. The van der Waals surface area contributed by atoms with Gasteiger partial charge in [-0.05, 0) is 40.2 Å². The van der Waals surface area contributed by atoms with E-state index in [-0.39, 0.29) is 11.3 Å². The second-order valence-electron chi connectivity index (χ2n) is 7.23. The fourth-order valence-corrected chi connectivity index (χ4v) is 4.65. The minimum atomic E-state index is -4.73. The number of hydrogen-bond donors (Lipinski definition) is 0. The molecule has 3 aromatic carbocycles. The Hall–Kier alpha value is -3.40. The van der Waals surface area contributed by atoms with E-state index in [0.29, 0.717) is 38.0 Å². The van der Waals surface area contributed by atoms with E-state index < -0.39 is 23.2 Å². The summed E-state index contributed by atoms with van der Waals surface area (Å²) in [4.78, 5) is 13.8. The number of rotatable bonds is 5. The SMILES string of the molecule is COc1cc2c3c(Br)cc(OC)c(OC)c3n(C(=O)c3ccccc3C(F)(F)F)c2cc1OC. The van der Waals surface area contributed by atoms with Crippen LogP contribution >= 0.6 is 15.9 Å². The summed E-state index contributed by atoms with van der Waals surface area (Å²) in [5.74, 6) is 0.282. The van der Waals surface area contributed by atoms with E-state index in [1.165, 1.54) is 45.1 Å². The molecule has 0 atom stereocenters. The number of aromatic nitrogens is 1. The first-order valence-electron chi connectivity index (χ1n) is 9.89. The zero-order valence-corrected chi connectivity index (χ0v) is 20.1. The Morgan fingerprint density at radius 3 is 2.09 bits per heavy atom. The second kappa shape index (κ2) is 8.75. The van der Waals surface area contributed by atoms with Gasteiger partial charge in [-0.25, -0.2) is 0 Å². The molecule has 34 heavy (non-hydrogen) atoms. The molecule has 0 unspecified atom stereocenters. The monoisotopic (exact) mass is 537 g/mol. The normalized spacial score (nSPS) is 11.6. The summed E-state index contributed by atoms with van der Waals surface area (Å²) >= 11 is 3.51. The van der Waals surface area contributed by atoms with Crippen LogP contribution in [-0.2, 0) is 6.18 Å². The highest BCUT2D eigenvalue weighted by atomic mass is 79.9. The van der Waals surface area contributed by atoms with Gasteiger partial charge in [0.25, 0.3) is 5.91 Å². The van der Waals surface area contributed by atoms with Crippen LogP contribution in [0.3, 0.4) is 0 Å². The fraction of sp³-hybridized carbons (Fsp3) is 0.208. The molecule has 0 bridgehead atoms. The van der Waals surface area contributed by atoms with Crippen LogP contribution in [0.25, 0.3) is 21.8 Å². The molecule has 4 rings (SSSR count). The lowest BCUT2D eigenvalue weighted by Gasteiger charge is -2.16. The lowest BCUT2D eigenvalue weighted by atomic mass is 10.1. The molecule has 4 aromatic rings. The molecule has 0 aliphatic rings. The molecule has 0 fully saturated rings. The third kappa shape index (κ3) is 3.62. The van der Waals surface area contributed by atoms with Gasteiger partial charge in [-0.1, -0.05) is 12.1 Å². The molecule has 1 heterocycles. The van der Waals surface area contributed by atoms with E-state index in [1.54, 1.807) is 18.2 Å². The predicted molar refractivity (Wildman–Crippen MR) is 125 cm³/mol. The number of carbonyl (C=O) groups excluding carboxylic acids is 1. The van der Waals surface area contributed by atoms with Gasteiger partial charge in [0.05, 0.1) is 45.1 Å². The van der Waals surface area contributed by atoms with E-state index in [1.807, 2.05) is 0 Å². The van der Waals surface area contributed by atoms with E-state index >= 15 is 0 Å². The molecule has 1 aromatic heterocycles. The highest BCUT2D eigenvalue weighted by Crippen LogP contribution is 2.47. The van der Waals surface area contributed by atoms with Gasteiger partial charge < -0.3 is 18.9 Å². The Bertz CT molecular complexity index is 1430. The first-order valence-corrected chi connectivity index (χ1v) is 10.7. The quantitative estimate of drug-likeness (QED) is 0.299. The van der Waals surface area contributed by atoms with Gasteiger partial charge in [-0.2, -0.15) is 13.2 Å². The van der Waals surface area contributed by atoms with E-state index in [2.05, 4.69) is 15.9 Å². The molecule has 0 radical (unpaired) electrons. The molecule has 0 saturated carbocycles. The number of nitrogens with zero attached hydrogens (tertiary/aromatic N) is 1. The smallest absolute Gasteiger partial charge is 0.417 e. The third-order valence-corrected chi connectivity index (χ3v) is 6.12. The average molecular weight is 538 g/mol. The van der Waals surface area contributed by atoms with Crippen molar-refractivity contribution in [3.8, 4) is 23.0 Å². The summed E-state index contributed by atoms with van der Waals surface area (Å²) < 4.78 is 64.8. The topological polar surface area (TPSA) is 58.9 Å². The van der Waals surface area contributed by atoms with Crippen molar-refractivity contribution < 1.29 is 36.9 Å². The van der Waals surface area contributed by atoms with Crippen LogP contribution in [0.2, 0.25) is 0 Å². The van der Waals surface area contributed by atoms with E-state index in [4.69, 9.17) is 18.9 Å². The van der Waals surface area contributed by atoms with Crippen molar-refractivity contribution in [2.24, 2.45) is 0 Å². The molecular formula is C24H19BrF3NO5. The minimum absolute atomic E-state index is 0.188. The number of benzene rings is 3.